The Morgan fingerprint density at radius 1 is 1.08 bits per heavy atom. The second kappa shape index (κ2) is 5.85. The number of imide groups is 1. The summed E-state index contributed by atoms with van der Waals surface area (Å²) >= 11 is 0. The third-order valence-corrected chi connectivity index (χ3v) is 4.93. The summed E-state index contributed by atoms with van der Waals surface area (Å²) in [5.41, 5.74) is 0.775. The summed E-state index contributed by atoms with van der Waals surface area (Å²) in [5, 5.41) is 4.35. The number of amides is 2. The number of carbonyl (C=O) groups is 2. The number of halogens is 1. The molecule has 0 bridgehead atoms. The Hall–Kier alpha value is -2.50. The minimum Gasteiger partial charge on any atom is -0.274 e. The standard InChI is InChI=1S/C18H18FN3O2/c19-13-5-3-4-12(10-13)11-21-9-8-16(20-21)22-17(23)14-6-1-2-7-15(14)18(22)24/h3-5,8-10,14-15H,1-2,6-7,11H2/t14-,15-/m0/s1. The van der Waals surface area contributed by atoms with E-state index in [1.54, 1.807) is 23.0 Å². The number of aromatic nitrogens is 2. The third kappa shape index (κ3) is 2.52. The van der Waals surface area contributed by atoms with Crippen LogP contribution in [-0.4, -0.2) is 21.6 Å². The molecule has 0 N–H and O–H groups in total. The quantitative estimate of drug-likeness (QED) is 0.815. The topological polar surface area (TPSA) is 55.2 Å². The van der Waals surface area contributed by atoms with Crippen LogP contribution in [0.5, 0.6) is 0 Å². The monoisotopic (exact) mass is 327 g/mol. The molecular weight excluding hydrogens is 309 g/mol. The molecule has 4 rings (SSSR count). The zero-order chi connectivity index (χ0) is 16.7. The number of rotatable bonds is 3. The van der Waals surface area contributed by atoms with Crippen molar-refractivity contribution in [2.45, 2.75) is 32.2 Å². The van der Waals surface area contributed by atoms with Crippen LogP contribution >= 0.6 is 0 Å². The number of hydrogen-bond acceptors (Lipinski definition) is 3. The molecule has 2 aromatic rings. The van der Waals surface area contributed by atoms with Crippen molar-refractivity contribution in [1.29, 1.82) is 0 Å². The van der Waals surface area contributed by atoms with Crippen molar-refractivity contribution in [3.05, 3.63) is 47.9 Å². The summed E-state index contributed by atoms with van der Waals surface area (Å²) in [4.78, 5) is 26.4. The SMILES string of the molecule is O=C1[C@H]2CCCC[C@@H]2C(=O)N1c1ccn(Cc2cccc(F)c2)n1. The summed E-state index contributed by atoms with van der Waals surface area (Å²) in [6, 6.07) is 7.97. The van der Waals surface area contributed by atoms with E-state index in [9.17, 15) is 14.0 Å². The lowest BCUT2D eigenvalue weighted by Crippen LogP contribution is -2.31. The predicted octanol–water partition coefficient (Wildman–Crippen LogP) is 2.75. The Morgan fingerprint density at radius 3 is 2.46 bits per heavy atom. The average molecular weight is 327 g/mol. The van der Waals surface area contributed by atoms with E-state index in [1.807, 2.05) is 6.07 Å². The molecule has 5 nitrogen and oxygen atoms in total. The summed E-state index contributed by atoms with van der Waals surface area (Å²) < 4.78 is 14.9. The first-order valence-electron chi connectivity index (χ1n) is 8.29. The van der Waals surface area contributed by atoms with Gasteiger partial charge in [-0.25, -0.2) is 9.29 Å². The maximum atomic E-state index is 13.3. The highest BCUT2D eigenvalue weighted by molar-refractivity contribution is 6.21. The molecule has 124 valence electrons. The van der Waals surface area contributed by atoms with Gasteiger partial charge in [-0.2, -0.15) is 5.10 Å². The van der Waals surface area contributed by atoms with E-state index >= 15 is 0 Å². The van der Waals surface area contributed by atoms with E-state index in [2.05, 4.69) is 5.10 Å². The smallest absolute Gasteiger partial charge is 0.238 e. The number of carbonyl (C=O) groups excluding carboxylic acids is 2. The molecule has 2 fully saturated rings. The number of anilines is 1. The van der Waals surface area contributed by atoms with Gasteiger partial charge in [0.25, 0.3) is 0 Å². The largest absolute Gasteiger partial charge is 0.274 e. The first kappa shape index (κ1) is 15.1. The molecule has 1 aromatic heterocycles. The van der Waals surface area contributed by atoms with Crippen LogP contribution in [0.2, 0.25) is 0 Å². The first-order valence-corrected chi connectivity index (χ1v) is 8.29. The number of nitrogens with zero attached hydrogens (tertiary/aromatic N) is 3. The summed E-state index contributed by atoms with van der Waals surface area (Å²) in [7, 11) is 0. The van der Waals surface area contributed by atoms with Gasteiger partial charge >= 0.3 is 0 Å². The fraction of sp³-hybridized carbons (Fsp3) is 0.389. The molecule has 1 saturated carbocycles. The maximum Gasteiger partial charge on any atom is 0.238 e. The molecule has 2 aliphatic rings. The van der Waals surface area contributed by atoms with E-state index in [-0.39, 0.29) is 29.5 Å². The van der Waals surface area contributed by atoms with Gasteiger partial charge in [-0.3, -0.25) is 14.3 Å². The summed E-state index contributed by atoms with van der Waals surface area (Å²) in [5.74, 6) is -0.537. The number of benzene rings is 1. The van der Waals surface area contributed by atoms with Gasteiger partial charge < -0.3 is 0 Å². The minimum atomic E-state index is -0.297. The molecule has 1 aromatic carbocycles. The van der Waals surface area contributed by atoms with E-state index in [0.717, 1.165) is 31.2 Å². The van der Waals surface area contributed by atoms with Gasteiger partial charge in [0.2, 0.25) is 11.8 Å². The van der Waals surface area contributed by atoms with Crippen molar-refractivity contribution in [3.8, 4) is 0 Å². The van der Waals surface area contributed by atoms with Gasteiger partial charge in [-0.05, 0) is 30.5 Å². The number of fused-ring (bicyclic) bond motifs is 1. The molecule has 2 amide bonds. The number of hydrogen-bond donors (Lipinski definition) is 0. The molecule has 0 radical (unpaired) electrons. The van der Waals surface area contributed by atoms with Crippen LogP contribution in [0, 0.1) is 17.7 Å². The van der Waals surface area contributed by atoms with Gasteiger partial charge in [0, 0.05) is 12.3 Å². The minimum absolute atomic E-state index is 0.124. The molecule has 24 heavy (non-hydrogen) atoms. The summed E-state index contributed by atoms with van der Waals surface area (Å²) in [6.07, 6.45) is 5.29. The Bertz CT molecular complexity index is 777. The van der Waals surface area contributed by atoms with Crippen LogP contribution < -0.4 is 4.90 Å². The fourth-order valence-electron chi connectivity index (χ4n) is 3.77. The fourth-order valence-corrected chi connectivity index (χ4v) is 3.77. The van der Waals surface area contributed by atoms with Crippen molar-refractivity contribution in [2.24, 2.45) is 11.8 Å². The molecule has 6 heteroatoms. The first-order chi connectivity index (χ1) is 11.6. The van der Waals surface area contributed by atoms with Gasteiger partial charge in [0.15, 0.2) is 5.82 Å². The summed E-state index contributed by atoms with van der Waals surface area (Å²) in [6.45, 7) is 0.390. The van der Waals surface area contributed by atoms with E-state index in [4.69, 9.17) is 0 Å². The highest BCUT2D eigenvalue weighted by atomic mass is 19.1. The molecule has 1 aliphatic carbocycles. The second-order valence-corrected chi connectivity index (χ2v) is 6.51. The Labute approximate surface area is 139 Å². The maximum absolute atomic E-state index is 13.3. The molecule has 0 spiro atoms. The molecular formula is C18H18FN3O2. The molecule has 1 saturated heterocycles. The van der Waals surface area contributed by atoms with Crippen molar-refractivity contribution >= 4 is 17.6 Å². The zero-order valence-electron chi connectivity index (χ0n) is 13.2. The Morgan fingerprint density at radius 2 is 1.79 bits per heavy atom. The predicted molar refractivity (Wildman–Crippen MR) is 85.7 cm³/mol. The Balaban J connectivity index is 1.56. The van der Waals surface area contributed by atoms with Crippen molar-refractivity contribution in [2.75, 3.05) is 4.90 Å². The third-order valence-electron chi connectivity index (χ3n) is 4.93. The van der Waals surface area contributed by atoms with Crippen LogP contribution in [0.25, 0.3) is 0 Å². The van der Waals surface area contributed by atoms with Gasteiger partial charge in [-0.15, -0.1) is 0 Å². The normalized spacial score (nSPS) is 23.6. The van der Waals surface area contributed by atoms with Gasteiger partial charge in [-0.1, -0.05) is 25.0 Å². The van der Waals surface area contributed by atoms with Crippen LogP contribution in [0.4, 0.5) is 10.2 Å². The van der Waals surface area contributed by atoms with Crippen molar-refractivity contribution in [1.82, 2.24) is 9.78 Å². The van der Waals surface area contributed by atoms with Crippen molar-refractivity contribution in [3.63, 3.8) is 0 Å². The van der Waals surface area contributed by atoms with Gasteiger partial charge in [0.1, 0.15) is 5.82 Å². The van der Waals surface area contributed by atoms with Gasteiger partial charge in [0.05, 0.1) is 18.4 Å². The zero-order valence-corrected chi connectivity index (χ0v) is 13.2. The van der Waals surface area contributed by atoms with Crippen molar-refractivity contribution < 1.29 is 14.0 Å². The van der Waals surface area contributed by atoms with Crippen LogP contribution in [0.3, 0.4) is 0 Å². The molecule has 0 unspecified atom stereocenters. The lowest BCUT2D eigenvalue weighted by Gasteiger charge is -2.19. The highest BCUT2D eigenvalue weighted by Gasteiger charge is 2.49. The lowest BCUT2D eigenvalue weighted by atomic mass is 9.81. The van der Waals surface area contributed by atoms with Crippen LogP contribution in [0.1, 0.15) is 31.2 Å². The highest BCUT2D eigenvalue weighted by Crippen LogP contribution is 2.39. The van der Waals surface area contributed by atoms with E-state index in [0.29, 0.717) is 12.4 Å². The molecule has 2 atom stereocenters. The Kier molecular flexibility index (Phi) is 3.67. The van der Waals surface area contributed by atoms with Crippen LogP contribution in [0.15, 0.2) is 36.5 Å². The van der Waals surface area contributed by atoms with E-state index < -0.39 is 0 Å². The second-order valence-electron chi connectivity index (χ2n) is 6.51. The average Bonchev–Trinajstić information content (AvgIpc) is 3.11. The van der Waals surface area contributed by atoms with E-state index in [1.165, 1.54) is 17.0 Å². The molecule has 1 aliphatic heterocycles. The molecule has 2 heterocycles. The lowest BCUT2D eigenvalue weighted by molar-refractivity contribution is -0.122. The van der Waals surface area contributed by atoms with Crippen LogP contribution in [-0.2, 0) is 16.1 Å².